The maximum absolute atomic E-state index is 11.9. The van der Waals surface area contributed by atoms with Gasteiger partial charge >= 0.3 is 0 Å². The van der Waals surface area contributed by atoms with E-state index in [1.54, 1.807) is 10.9 Å². The van der Waals surface area contributed by atoms with Gasteiger partial charge in [-0.15, -0.1) is 0 Å². The van der Waals surface area contributed by atoms with Crippen LogP contribution >= 0.6 is 0 Å². The van der Waals surface area contributed by atoms with Crippen molar-refractivity contribution < 1.29 is 9.90 Å². The van der Waals surface area contributed by atoms with E-state index < -0.39 is 11.5 Å². The second kappa shape index (κ2) is 4.78. The standard InChI is InChI=1S/C12H20N2O2/c1-5-6-14-8-9(7-13-14)10(15)11(16)12(2,3)4/h7-8,11,16H,5-6H2,1-4H3. The van der Waals surface area contributed by atoms with Gasteiger partial charge in [0, 0.05) is 12.7 Å². The number of hydrogen-bond acceptors (Lipinski definition) is 3. The largest absolute Gasteiger partial charge is 0.384 e. The quantitative estimate of drug-likeness (QED) is 0.794. The number of ketones is 1. The van der Waals surface area contributed by atoms with Gasteiger partial charge < -0.3 is 5.11 Å². The molecule has 0 amide bonds. The fourth-order valence-corrected chi connectivity index (χ4v) is 1.39. The summed E-state index contributed by atoms with van der Waals surface area (Å²) in [6.45, 7) is 8.36. The average molecular weight is 224 g/mol. The number of nitrogens with zero attached hydrogens (tertiary/aromatic N) is 2. The molecule has 0 saturated heterocycles. The van der Waals surface area contributed by atoms with Gasteiger partial charge in [-0.3, -0.25) is 9.48 Å². The van der Waals surface area contributed by atoms with E-state index in [2.05, 4.69) is 5.10 Å². The van der Waals surface area contributed by atoms with Crippen molar-refractivity contribution in [3.05, 3.63) is 18.0 Å². The number of aromatic nitrogens is 2. The molecule has 1 heterocycles. The Labute approximate surface area is 96.3 Å². The number of rotatable bonds is 4. The lowest BCUT2D eigenvalue weighted by Crippen LogP contribution is -2.34. The summed E-state index contributed by atoms with van der Waals surface area (Å²) in [5.41, 5.74) is 0.0418. The van der Waals surface area contributed by atoms with Crippen LogP contribution in [0, 0.1) is 5.41 Å². The Morgan fingerprint density at radius 1 is 1.56 bits per heavy atom. The Morgan fingerprint density at radius 2 is 2.19 bits per heavy atom. The van der Waals surface area contributed by atoms with Crippen LogP contribution in [0.3, 0.4) is 0 Å². The van der Waals surface area contributed by atoms with Crippen molar-refractivity contribution in [3.63, 3.8) is 0 Å². The van der Waals surface area contributed by atoms with E-state index in [0.717, 1.165) is 13.0 Å². The molecule has 0 aliphatic carbocycles. The van der Waals surface area contributed by atoms with Gasteiger partial charge in [0.25, 0.3) is 0 Å². The molecule has 0 aromatic carbocycles. The molecule has 0 bridgehead atoms. The molecule has 1 unspecified atom stereocenters. The Hall–Kier alpha value is -1.16. The maximum atomic E-state index is 11.9. The number of aliphatic hydroxyl groups is 1. The summed E-state index contributed by atoms with van der Waals surface area (Å²) < 4.78 is 1.72. The minimum absolute atomic E-state index is 0.255. The first-order chi connectivity index (χ1) is 7.36. The molecule has 0 radical (unpaired) electrons. The highest BCUT2D eigenvalue weighted by Gasteiger charge is 2.30. The SMILES string of the molecule is CCCn1cc(C(=O)C(O)C(C)(C)C)cn1. The van der Waals surface area contributed by atoms with E-state index in [4.69, 9.17) is 0 Å². The summed E-state index contributed by atoms with van der Waals surface area (Å²) >= 11 is 0. The fraction of sp³-hybridized carbons (Fsp3) is 0.667. The highest BCUT2D eigenvalue weighted by Crippen LogP contribution is 2.22. The lowest BCUT2D eigenvalue weighted by Gasteiger charge is -2.23. The van der Waals surface area contributed by atoms with Gasteiger partial charge in [0.15, 0.2) is 5.78 Å². The van der Waals surface area contributed by atoms with Gasteiger partial charge in [0.2, 0.25) is 0 Å². The van der Waals surface area contributed by atoms with Crippen LogP contribution in [0.2, 0.25) is 0 Å². The molecule has 0 aliphatic rings. The molecule has 0 fully saturated rings. The van der Waals surface area contributed by atoms with Gasteiger partial charge in [-0.05, 0) is 11.8 Å². The second-order valence-electron chi connectivity index (χ2n) is 5.12. The van der Waals surface area contributed by atoms with Crippen LogP contribution in [0.4, 0.5) is 0 Å². The Balaban J connectivity index is 2.80. The van der Waals surface area contributed by atoms with Crippen LogP contribution in [0.5, 0.6) is 0 Å². The van der Waals surface area contributed by atoms with Crippen LogP contribution in [-0.2, 0) is 6.54 Å². The topological polar surface area (TPSA) is 55.1 Å². The van der Waals surface area contributed by atoms with Crippen LogP contribution in [0.1, 0.15) is 44.5 Å². The van der Waals surface area contributed by atoms with Crippen molar-refractivity contribution in [2.45, 2.75) is 46.8 Å². The molecule has 4 nitrogen and oxygen atoms in total. The molecule has 0 spiro atoms. The predicted octanol–water partition coefficient (Wildman–Crippen LogP) is 1.88. The maximum Gasteiger partial charge on any atom is 0.194 e. The summed E-state index contributed by atoms with van der Waals surface area (Å²) in [4.78, 5) is 11.9. The smallest absolute Gasteiger partial charge is 0.194 e. The number of aryl methyl sites for hydroxylation is 1. The van der Waals surface area contributed by atoms with Crippen LogP contribution in [0.15, 0.2) is 12.4 Å². The van der Waals surface area contributed by atoms with E-state index in [9.17, 15) is 9.90 Å². The number of carbonyl (C=O) groups is 1. The molecule has 1 aromatic rings. The molecule has 0 saturated carbocycles. The molecule has 90 valence electrons. The number of aliphatic hydroxyl groups excluding tert-OH is 1. The average Bonchev–Trinajstić information content (AvgIpc) is 2.63. The second-order valence-corrected chi connectivity index (χ2v) is 5.12. The number of hydrogen-bond donors (Lipinski definition) is 1. The van der Waals surface area contributed by atoms with Crippen LogP contribution in [-0.4, -0.2) is 26.8 Å². The first-order valence-electron chi connectivity index (χ1n) is 5.61. The van der Waals surface area contributed by atoms with Crippen molar-refractivity contribution in [2.24, 2.45) is 5.41 Å². The van der Waals surface area contributed by atoms with Gasteiger partial charge in [0.1, 0.15) is 6.10 Å². The lowest BCUT2D eigenvalue weighted by atomic mass is 9.85. The predicted molar refractivity (Wildman–Crippen MR) is 62.3 cm³/mol. The monoisotopic (exact) mass is 224 g/mol. The Kier molecular flexibility index (Phi) is 3.86. The summed E-state index contributed by atoms with van der Waals surface area (Å²) in [6, 6.07) is 0. The highest BCUT2D eigenvalue weighted by molar-refractivity contribution is 5.99. The Bertz CT molecular complexity index is 363. The summed E-state index contributed by atoms with van der Waals surface area (Å²) in [6.07, 6.45) is 3.21. The first kappa shape index (κ1) is 12.9. The summed E-state index contributed by atoms with van der Waals surface area (Å²) in [7, 11) is 0. The van der Waals surface area contributed by atoms with Crippen molar-refractivity contribution in [3.8, 4) is 0 Å². The zero-order chi connectivity index (χ0) is 12.3. The van der Waals surface area contributed by atoms with Gasteiger partial charge in [0.05, 0.1) is 11.8 Å². The van der Waals surface area contributed by atoms with Crippen molar-refractivity contribution >= 4 is 5.78 Å². The van der Waals surface area contributed by atoms with E-state index in [1.807, 2.05) is 27.7 Å². The van der Waals surface area contributed by atoms with E-state index in [-0.39, 0.29) is 5.78 Å². The molecule has 1 atom stereocenters. The fourth-order valence-electron chi connectivity index (χ4n) is 1.39. The third-order valence-corrected chi connectivity index (χ3v) is 2.44. The van der Waals surface area contributed by atoms with Crippen molar-refractivity contribution in [1.29, 1.82) is 0 Å². The molecule has 1 rings (SSSR count). The third kappa shape index (κ3) is 2.92. The summed E-state index contributed by atoms with van der Waals surface area (Å²) in [5.74, 6) is -0.255. The molecule has 16 heavy (non-hydrogen) atoms. The lowest BCUT2D eigenvalue weighted by molar-refractivity contribution is 0.0442. The first-order valence-corrected chi connectivity index (χ1v) is 5.61. The molecular formula is C12H20N2O2. The van der Waals surface area contributed by atoms with E-state index >= 15 is 0 Å². The number of carbonyl (C=O) groups excluding carboxylic acids is 1. The molecular weight excluding hydrogens is 204 g/mol. The van der Waals surface area contributed by atoms with Crippen molar-refractivity contribution in [2.75, 3.05) is 0 Å². The van der Waals surface area contributed by atoms with Gasteiger partial charge in [-0.2, -0.15) is 5.10 Å². The zero-order valence-corrected chi connectivity index (χ0v) is 10.4. The van der Waals surface area contributed by atoms with Crippen LogP contribution in [0.25, 0.3) is 0 Å². The van der Waals surface area contributed by atoms with Crippen LogP contribution < -0.4 is 0 Å². The van der Waals surface area contributed by atoms with Gasteiger partial charge in [-0.1, -0.05) is 27.7 Å². The van der Waals surface area contributed by atoms with Gasteiger partial charge in [-0.25, -0.2) is 0 Å². The number of Topliss-reactive ketones (excluding diaryl/α,β-unsaturated/α-hetero) is 1. The molecule has 0 aliphatic heterocycles. The minimum atomic E-state index is -0.980. The van der Waals surface area contributed by atoms with Crippen molar-refractivity contribution in [1.82, 2.24) is 9.78 Å². The molecule has 1 aromatic heterocycles. The summed E-state index contributed by atoms with van der Waals surface area (Å²) in [5, 5.41) is 13.9. The third-order valence-electron chi connectivity index (χ3n) is 2.44. The zero-order valence-electron chi connectivity index (χ0n) is 10.4. The van der Waals surface area contributed by atoms with E-state index in [0.29, 0.717) is 5.56 Å². The Morgan fingerprint density at radius 3 is 2.69 bits per heavy atom. The normalized spacial score (nSPS) is 13.8. The minimum Gasteiger partial charge on any atom is -0.384 e. The highest BCUT2D eigenvalue weighted by atomic mass is 16.3. The molecule has 4 heteroatoms. The van der Waals surface area contributed by atoms with E-state index in [1.165, 1.54) is 6.20 Å². The molecule has 1 N–H and O–H groups in total.